The molecule has 0 saturated carbocycles. The van der Waals surface area contributed by atoms with Crippen molar-refractivity contribution in [2.24, 2.45) is 0 Å². The summed E-state index contributed by atoms with van der Waals surface area (Å²) in [6.07, 6.45) is 3.52. The van der Waals surface area contributed by atoms with E-state index in [4.69, 9.17) is 15.6 Å². The Balaban J connectivity index is 0.740. The summed E-state index contributed by atoms with van der Waals surface area (Å²) in [7, 11) is 0. The van der Waals surface area contributed by atoms with Gasteiger partial charge in [0, 0.05) is 81.1 Å². The van der Waals surface area contributed by atoms with Crippen LogP contribution in [0.4, 0.5) is 15.9 Å². The number of nitrogens with zero attached hydrogens (tertiary/aromatic N) is 8. The van der Waals surface area contributed by atoms with Crippen LogP contribution in [0.25, 0.3) is 22.3 Å². The first kappa shape index (κ1) is 36.4. The molecule has 5 aliphatic heterocycles. The summed E-state index contributed by atoms with van der Waals surface area (Å²) in [6, 6.07) is 22.9. The summed E-state index contributed by atoms with van der Waals surface area (Å²) >= 11 is 0. The number of nitrogens with one attached hydrogen (secondary N) is 1. The van der Waals surface area contributed by atoms with E-state index < -0.39 is 18.1 Å². The summed E-state index contributed by atoms with van der Waals surface area (Å²) in [5.41, 5.74) is 11.2. The number of benzene rings is 3. The second-order valence-corrected chi connectivity index (χ2v) is 16.1. The predicted molar refractivity (Wildman–Crippen MR) is 215 cm³/mol. The van der Waals surface area contributed by atoms with Gasteiger partial charge in [0.2, 0.25) is 11.8 Å². The van der Waals surface area contributed by atoms with Gasteiger partial charge in [-0.2, -0.15) is 5.10 Å². The molecule has 58 heavy (non-hydrogen) atoms. The highest BCUT2D eigenvalue weighted by molar-refractivity contribution is 6.05. The van der Waals surface area contributed by atoms with Crippen LogP contribution in [0.3, 0.4) is 0 Å². The lowest BCUT2D eigenvalue weighted by Crippen LogP contribution is -2.64. The van der Waals surface area contributed by atoms with E-state index in [1.54, 1.807) is 4.90 Å². The molecule has 2 aromatic heterocycles. The summed E-state index contributed by atoms with van der Waals surface area (Å²) < 4.78 is 24.0. The fraction of sp³-hybridized carbons (Fsp3) is 0.395. The van der Waals surface area contributed by atoms with E-state index in [2.05, 4.69) is 30.0 Å². The summed E-state index contributed by atoms with van der Waals surface area (Å²) in [5.74, 6) is 0.993. The zero-order chi connectivity index (χ0) is 39.5. The molecular formula is C43H45FN10O4. The fourth-order valence-electron chi connectivity index (χ4n) is 9.51. The monoisotopic (exact) mass is 784 g/mol. The van der Waals surface area contributed by atoms with Crippen LogP contribution in [0.5, 0.6) is 11.5 Å². The molecule has 4 fully saturated rings. The first-order chi connectivity index (χ1) is 28.3. The number of halogens is 1. The fourth-order valence-corrected chi connectivity index (χ4v) is 9.51. The van der Waals surface area contributed by atoms with Gasteiger partial charge in [-0.05, 0) is 79.8 Å². The average molecular weight is 785 g/mol. The molecule has 0 bridgehead atoms. The number of aromatic nitrogens is 4. The number of hydrogen-bond donors (Lipinski definition) is 2. The van der Waals surface area contributed by atoms with Gasteiger partial charge < -0.3 is 20.3 Å². The van der Waals surface area contributed by atoms with Crippen molar-refractivity contribution in [3.63, 3.8) is 0 Å². The largest absolute Gasteiger partial charge is 0.457 e. The molecule has 1 unspecified atom stereocenters. The van der Waals surface area contributed by atoms with Gasteiger partial charge in [-0.1, -0.05) is 24.3 Å². The molecule has 0 radical (unpaired) electrons. The molecule has 0 spiro atoms. The van der Waals surface area contributed by atoms with E-state index in [1.165, 1.54) is 6.33 Å². The number of para-hydroxylation sites is 1. The minimum Gasteiger partial charge on any atom is -0.457 e. The molecule has 0 aliphatic carbocycles. The number of alkyl halides is 1. The number of hydrogen-bond acceptors (Lipinski definition) is 11. The standard InChI is InChI=1S/C43H45FN10O4/c44-34-24-51(30-22-52(23-30)29-9-6-27-21-53(43(57)33(27)20-29)36-12-13-37(55)48-42(36)56)19-16-35(34)50-17-14-28(15-18-50)54-41-38(40(45)46-25-47-41)39(49-54)26-7-10-32(11-8-26)58-31-4-2-1-3-5-31/h1-11,20,25,28,30,34-36H,12-19,21-24H2,(H2,45,46,47)(H,48,55,56)/t34-,35+,36?/m0/s1. The van der Waals surface area contributed by atoms with Crippen molar-refractivity contribution < 1.29 is 23.5 Å². The molecule has 298 valence electrons. The zero-order valence-electron chi connectivity index (χ0n) is 32.0. The van der Waals surface area contributed by atoms with Gasteiger partial charge in [-0.15, -0.1) is 0 Å². The van der Waals surface area contributed by atoms with Crippen molar-refractivity contribution in [3.8, 4) is 22.8 Å². The molecule has 3 atom stereocenters. The molecule has 5 aliphatic rings. The average Bonchev–Trinajstić information content (AvgIpc) is 3.77. The molecule has 10 rings (SSSR count). The Bertz CT molecular complexity index is 2380. The number of piperidine rings is 3. The number of nitrogens with two attached hydrogens (primary N) is 1. The first-order valence-electron chi connectivity index (χ1n) is 20.2. The molecule has 14 nitrogen and oxygen atoms in total. The van der Waals surface area contributed by atoms with Crippen molar-refractivity contribution >= 4 is 40.3 Å². The van der Waals surface area contributed by atoms with E-state index in [0.29, 0.717) is 36.5 Å². The predicted octanol–water partition coefficient (Wildman–Crippen LogP) is 4.57. The van der Waals surface area contributed by atoms with Crippen molar-refractivity contribution in [2.75, 3.05) is 49.9 Å². The van der Waals surface area contributed by atoms with Crippen LogP contribution in [0.2, 0.25) is 0 Å². The van der Waals surface area contributed by atoms with Gasteiger partial charge >= 0.3 is 0 Å². The maximum Gasteiger partial charge on any atom is 0.255 e. The number of carbonyl (C=O) groups excluding carboxylic acids is 3. The van der Waals surface area contributed by atoms with Gasteiger partial charge in [-0.3, -0.25) is 29.5 Å². The third kappa shape index (κ3) is 6.61. The Kier molecular flexibility index (Phi) is 9.28. The van der Waals surface area contributed by atoms with Crippen molar-refractivity contribution in [2.45, 2.75) is 69.0 Å². The van der Waals surface area contributed by atoms with E-state index in [1.807, 2.05) is 77.5 Å². The molecule has 7 heterocycles. The van der Waals surface area contributed by atoms with Crippen LogP contribution in [0.1, 0.15) is 54.1 Å². The zero-order valence-corrected chi connectivity index (χ0v) is 32.0. The number of anilines is 2. The summed E-state index contributed by atoms with van der Waals surface area (Å²) in [6.45, 7) is 4.69. The topological polar surface area (TPSA) is 155 Å². The van der Waals surface area contributed by atoms with Crippen LogP contribution in [0.15, 0.2) is 79.1 Å². The molecule has 3 aromatic carbocycles. The molecule has 15 heteroatoms. The molecule has 4 saturated heterocycles. The maximum atomic E-state index is 16.0. The highest BCUT2D eigenvalue weighted by Crippen LogP contribution is 2.37. The lowest BCUT2D eigenvalue weighted by molar-refractivity contribution is -0.136. The summed E-state index contributed by atoms with van der Waals surface area (Å²) in [5, 5.41) is 8.17. The van der Waals surface area contributed by atoms with Crippen LogP contribution in [0, 0.1) is 0 Å². The first-order valence-corrected chi connectivity index (χ1v) is 20.2. The normalized spacial score (nSPS) is 23.6. The number of imide groups is 1. The maximum absolute atomic E-state index is 16.0. The Morgan fingerprint density at radius 3 is 2.33 bits per heavy atom. The number of fused-ring (bicyclic) bond motifs is 2. The second kappa shape index (κ2) is 14.8. The van der Waals surface area contributed by atoms with Crippen LogP contribution >= 0.6 is 0 Å². The Morgan fingerprint density at radius 1 is 0.810 bits per heavy atom. The highest BCUT2D eigenvalue weighted by atomic mass is 19.1. The number of rotatable bonds is 8. The lowest BCUT2D eigenvalue weighted by Gasteiger charge is -2.51. The van der Waals surface area contributed by atoms with Gasteiger partial charge in [0.25, 0.3) is 5.91 Å². The minimum absolute atomic E-state index is 0.0941. The van der Waals surface area contributed by atoms with Crippen molar-refractivity contribution in [1.29, 1.82) is 0 Å². The van der Waals surface area contributed by atoms with Gasteiger partial charge in [0.05, 0.1) is 11.4 Å². The number of carbonyl (C=O) groups is 3. The van der Waals surface area contributed by atoms with Crippen molar-refractivity contribution in [1.82, 2.24) is 39.8 Å². The van der Waals surface area contributed by atoms with Gasteiger partial charge in [0.1, 0.15) is 41.6 Å². The van der Waals surface area contributed by atoms with Crippen molar-refractivity contribution in [3.05, 3.63) is 90.3 Å². The molecular weight excluding hydrogens is 740 g/mol. The lowest BCUT2D eigenvalue weighted by atomic mass is 9.94. The third-order valence-electron chi connectivity index (χ3n) is 12.7. The third-order valence-corrected chi connectivity index (χ3v) is 12.7. The highest BCUT2D eigenvalue weighted by Gasteiger charge is 2.42. The smallest absolute Gasteiger partial charge is 0.255 e. The Hall–Kier alpha value is -5.93. The van der Waals surface area contributed by atoms with Crippen LogP contribution < -0.4 is 20.7 Å². The molecule has 3 amide bonds. The number of amides is 3. The minimum atomic E-state index is -0.950. The van der Waals surface area contributed by atoms with E-state index >= 15 is 4.39 Å². The molecule has 3 N–H and O–H groups in total. The van der Waals surface area contributed by atoms with Crippen LogP contribution in [-0.4, -0.2) is 116 Å². The van der Waals surface area contributed by atoms with E-state index in [0.717, 1.165) is 91.4 Å². The SMILES string of the molecule is Nc1ncnc2c1c(-c1ccc(Oc3ccccc3)cc1)nn2C1CCN([C@@H]2CCN(C3CN(c4ccc5c(c4)C(=O)N(C4CCC(=O)NC4=O)C5)C3)C[C@@H]2F)CC1. The Labute approximate surface area is 334 Å². The number of nitrogen functional groups attached to an aromatic ring is 1. The Morgan fingerprint density at radius 2 is 1.57 bits per heavy atom. The molecule has 5 aromatic rings. The second-order valence-electron chi connectivity index (χ2n) is 16.1. The number of likely N-dealkylation sites (tertiary alicyclic amines) is 2. The summed E-state index contributed by atoms with van der Waals surface area (Å²) in [4.78, 5) is 54.8. The van der Waals surface area contributed by atoms with Gasteiger partial charge in [0.15, 0.2) is 5.65 Å². The van der Waals surface area contributed by atoms with E-state index in [9.17, 15) is 14.4 Å². The quantitative estimate of drug-likeness (QED) is 0.213. The van der Waals surface area contributed by atoms with Crippen LogP contribution in [-0.2, 0) is 16.1 Å². The number of ether oxygens (including phenoxy) is 1. The van der Waals surface area contributed by atoms with E-state index in [-0.39, 0.29) is 36.4 Å². The van der Waals surface area contributed by atoms with Gasteiger partial charge in [-0.25, -0.2) is 19.0 Å².